The van der Waals surface area contributed by atoms with Crippen molar-refractivity contribution in [3.05, 3.63) is 58.6 Å². The Labute approximate surface area is 183 Å². The normalized spacial score (nSPS) is 17.0. The van der Waals surface area contributed by atoms with Crippen LogP contribution in [0.5, 0.6) is 5.75 Å². The predicted octanol–water partition coefficient (Wildman–Crippen LogP) is 2.80. The van der Waals surface area contributed by atoms with E-state index >= 15 is 0 Å². The molecule has 1 aliphatic rings. The Hall–Kier alpha value is -3.39. The first-order valence-electron chi connectivity index (χ1n) is 10.4. The lowest BCUT2D eigenvalue weighted by Crippen LogP contribution is -2.45. The number of nitrogens with one attached hydrogen (secondary N) is 2. The average molecular weight is 432 g/mol. The molecule has 3 rings (SSSR count). The van der Waals surface area contributed by atoms with Gasteiger partial charge in [-0.1, -0.05) is 23.7 Å². The van der Waals surface area contributed by atoms with Crippen molar-refractivity contribution in [3.63, 3.8) is 0 Å². The molecule has 0 saturated carbocycles. The second-order valence-corrected chi connectivity index (χ2v) is 6.68. The summed E-state index contributed by atoms with van der Waals surface area (Å²) in [6.45, 7) is -2.88. The number of fused-ring (bicyclic) bond motifs is 1. The molecule has 8 nitrogen and oxygen atoms in total. The first-order valence-corrected chi connectivity index (χ1v) is 9.24. The van der Waals surface area contributed by atoms with E-state index in [-0.39, 0.29) is 12.3 Å². The Balaban J connectivity index is 2.13. The Morgan fingerprint density at radius 3 is 2.63 bits per heavy atom. The number of hydrogen-bond acceptors (Lipinski definition) is 7. The fraction of sp³-hybridized carbons (Fsp3) is 0.238. The number of benzene rings is 2. The van der Waals surface area contributed by atoms with Gasteiger partial charge in [-0.05, 0) is 30.3 Å². The molecule has 1 atom stereocenters. The van der Waals surface area contributed by atoms with E-state index in [1.54, 1.807) is 42.5 Å². The maximum Gasteiger partial charge on any atom is 0.308 e. The molecule has 2 aromatic rings. The number of hydrogen-bond donors (Lipinski definition) is 2. The number of ether oxygens (including phenoxy) is 2. The molecule has 0 bridgehead atoms. The van der Waals surface area contributed by atoms with Crippen LogP contribution in [0, 0.1) is 0 Å². The fourth-order valence-electron chi connectivity index (χ4n) is 2.87. The Kier molecular flexibility index (Phi) is 5.48. The molecule has 0 aromatic heterocycles. The quantitative estimate of drug-likeness (QED) is 0.572. The molecule has 0 saturated heterocycles. The molecule has 9 heteroatoms. The van der Waals surface area contributed by atoms with Crippen LogP contribution in [-0.4, -0.2) is 43.7 Å². The van der Waals surface area contributed by atoms with Crippen LogP contribution in [0.4, 0.5) is 5.69 Å². The zero-order valence-electron chi connectivity index (χ0n) is 19.2. The smallest absolute Gasteiger partial charge is 0.308 e. The Bertz CT molecular complexity index is 1120. The Morgan fingerprint density at radius 1 is 1.20 bits per heavy atom. The molecule has 156 valence electrons. The molecule has 0 spiro atoms. The van der Waals surface area contributed by atoms with Gasteiger partial charge in [0.25, 0.3) is 0 Å². The van der Waals surface area contributed by atoms with E-state index in [1.807, 2.05) is 0 Å². The zero-order chi connectivity index (χ0) is 24.2. The van der Waals surface area contributed by atoms with E-state index in [0.29, 0.717) is 33.3 Å². The number of halogens is 1. The van der Waals surface area contributed by atoms with Crippen molar-refractivity contribution in [2.45, 2.75) is 19.3 Å². The van der Waals surface area contributed by atoms with Gasteiger partial charge in [-0.3, -0.25) is 25.4 Å². The summed E-state index contributed by atoms with van der Waals surface area (Å²) in [5.74, 6) is -1.18. The van der Waals surface area contributed by atoms with Crippen LogP contribution < -0.4 is 15.6 Å². The number of nitrogens with zero attached hydrogens (tertiary/aromatic N) is 2. The number of carbonyl (C=O) groups is 2. The van der Waals surface area contributed by atoms with E-state index in [1.165, 1.54) is 14.2 Å². The molecular formula is C21H21ClN4O4. The highest BCUT2D eigenvalue weighted by atomic mass is 35.5. The third-order valence-electron chi connectivity index (χ3n) is 4.31. The number of carbonyl (C=O) groups excluding carboxylic acids is 2. The number of methoxy groups -OCH3 is 2. The predicted molar refractivity (Wildman–Crippen MR) is 115 cm³/mol. The summed E-state index contributed by atoms with van der Waals surface area (Å²) in [4.78, 5) is 33.3. The van der Waals surface area contributed by atoms with Gasteiger partial charge in [0.1, 0.15) is 17.6 Å². The average Bonchev–Trinajstić information content (AvgIpc) is 2.93. The largest absolute Gasteiger partial charge is 0.497 e. The minimum atomic E-state index is -2.88. The minimum absolute atomic E-state index is 0.0633. The molecule has 2 N–H and O–H groups in total. The number of amides is 1. The van der Waals surface area contributed by atoms with Gasteiger partial charge in [0.15, 0.2) is 0 Å². The monoisotopic (exact) mass is 431 g/mol. The first-order chi connectivity index (χ1) is 15.6. The second kappa shape index (κ2) is 9.41. The summed E-state index contributed by atoms with van der Waals surface area (Å²) in [6.07, 6.45) is -0.214. The molecule has 2 aromatic carbocycles. The van der Waals surface area contributed by atoms with Gasteiger partial charge in [-0.2, -0.15) is 0 Å². The summed E-state index contributed by atoms with van der Waals surface area (Å²) >= 11 is 6.04. The van der Waals surface area contributed by atoms with Crippen LogP contribution in [0.2, 0.25) is 5.02 Å². The van der Waals surface area contributed by atoms with Crippen LogP contribution in [0.1, 0.15) is 28.5 Å². The Morgan fingerprint density at radius 2 is 1.97 bits per heavy atom. The van der Waals surface area contributed by atoms with Crippen LogP contribution in [0.25, 0.3) is 0 Å². The summed E-state index contributed by atoms with van der Waals surface area (Å²) in [6, 6.07) is 11.2. The third-order valence-corrected chi connectivity index (χ3v) is 4.56. The van der Waals surface area contributed by atoms with Gasteiger partial charge in [0.2, 0.25) is 5.91 Å². The second-order valence-electron chi connectivity index (χ2n) is 6.24. The maximum atomic E-state index is 12.1. The highest BCUT2D eigenvalue weighted by Crippen LogP contribution is 2.31. The van der Waals surface area contributed by atoms with Crippen molar-refractivity contribution in [3.8, 4) is 5.75 Å². The van der Waals surface area contributed by atoms with E-state index in [0.717, 1.165) is 0 Å². The van der Waals surface area contributed by atoms with Gasteiger partial charge < -0.3 is 9.47 Å². The standard InChI is InChI=1S/C21H21ClN4O4/c1-12(27)25-26-21-18(11-19(28)30-3)23-20(13-4-6-14(22)7-5-13)16-10-15(29-2)8-9-17(16)24-21/h4-10,18H,11H2,1-3H3,(H,24,26)(H,25,27)/t18-/m0/s1/i1D3. The van der Waals surface area contributed by atoms with Crippen LogP contribution in [0.3, 0.4) is 0 Å². The van der Waals surface area contributed by atoms with E-state index < -0.39 is 24.8 Å². The highest BCUT2D eigenvalue weighted by Gasteiger charge is 2.26. The number of amidine groups is 1. The number of hydrazine groups is 1. The molecule has 1 heterocycles. The summed E-state index contributed by atoms with van der Waals surface area (Å²) in [7, 11) is 2.77. The molecule has 1 aliphatic heterocycles. The summed E-state index contributed by atoms with van der Waals surface area (Å²) in [5.41, 5.74) is 6.89. The lowest BCUT2D eigenvalue weighted by Gasteiger charge is -2.16. The fourth-order valence-corrected chi connectivity index (χ4v) is 3.00. The van der Waals surface area contributed by atoms with Crippen molar-refractivity contribution < 1.29 is 23.2 Å². The molecular weight excluding hydrogens is 408 g/mol. The summed E-state index contributed by atoms with van der Waals surface area (Å²) in [5, 5.41) is 0.538. The topological polar surface area (TPSA) is 101 Å². The van der Waals surface area contributed by atoms with Gasteiger partial charge in [-0.25, -0.2) is 4.99 Å². The molecule has 30 heavy (non-hydrogen) atoms. The van der Waals surface area contributed by atoms with Crippen LogP contribution in [0.15, 0.2) is 52.4 Å². The molecule has 0 aliphatic carbocycles. The van der Waals surface area contributed by atoms with E-state index in [9.17, 15) is 9.59 Å². The molecule has 0 radical (unpaired) electrons. The number of esters is 1. The lowest BCUT2D eigenvalue weighted by molar-refractivity contribution is -0.140. The van der Waals surface area contributed by atoms with Crippen molar-refractivity contribution in [2.75, 3.05) is 14.2 Å². The van der Waals surface area contributed by atoms with Crippen LogP contribution in [-0.2, 0) is 14.3 Å². The van der Waals surface area contributed by atoms with E-state index in [4.69, 9.17) is 30.2 Å². The minimum Gasteiger partial charge on any atom is -0.497 e. The summed E-state index contributed by atoms with van der Waals surface area (Å²) < 4.78 is 31.8. The van der Waals surface area contributed by atoms with Gasteiger partial charge in [0.05, 0.1) is 32.0 Å². The molecule has 1 amide bonds. The SMILES string of the molecule is [2H]C([2H])([2H])C(=O)NNC1=Nc2ccc(OC)cc2C(c2ccc(Cl)cc2)=N[C@H]1CC(=O)OC. The van der Waals surface area contributed by atoms with Crippen molar-refractivity contribution in [2.24, 2.45) is 9.98 Å². The van der Waals surface area contributed by atoms with Crippen molar-refractivity contribution >= 4 is 40.7 Å². The highest BCUT2D eigenvalue weighted by molar-refractivity contribution is 6.30. The van der Waals surface area contributed by atoms with Crippen LogP contribution >= 0.6 is 11.6 Å². The van der Waals surface area contributed by atoms with Crippen molar-refractivity contribution in [1.29, 1.82) is 0 Å². The lowest BCUT2D eigenvalue weighted by atomic mass is 10.00. The third kappa shape index (κ3) is 4.96. The van der Waals surface area contributed by atoms with Crippen molar-refractivity contribution in [1.82, 2.24) is 10.9 Å². The maximum absolute atomic E-state index is 12.1. The molecule has 0 unspecified atom stereocenters. The number of aliphatic imine (C=N–C) groups is 2. The number of rotatable bonds is 4. The van der Waals surface area contributed by atoms with Gasteiger partial charge >= 0.3 is 5.97 Å². The first kappa shape index (κ1) is 17.5. The van der Waals surface area contributed by atoms with Gasteiger partial charge in [-0.15, -0.1) is 0 Å². The molecule has 0 fully saturated rings. The van der Waals surface area contributed by atoms with E-state index in [2.05, 4.69) is 15.8 Å². The van der Waals surface area contributed by atoms with Gasteiger partial charge in [0, 0.05) is 27.1 Å². The zero-order valence-corrected chi connectivity index (χ0v) is 17.0.